The van der Waals surface area contributed by atoms with E-state index in [1.807, 2.05) is 6.92 Å². The molecule has 5 heteroatoms. The number of hydrogen-bond donors (Lipinski definition) is 3. The van der Waals surface area contributed by atoms with Crippen LogP contribution in [-0.2, 0) is 9.53 Å². The summed E-state index contributed by atoms with van der Waals surface area (Å²) >= 11 is 0. The van der Waals surface area contributed by atoms with Crippen LogP contribution in [0.5, 0.6) is 0 Å². The van der Waals surface area contributed by atoms with Gasteiger partial charge in [-0.2, -0.15) is 0 Å². The van der Waals surface area contributed by atoms with E-state index in [9.17, 15) is 4.79 Å². The minimum absolute atomic E-state index is 0.0479. The lowest BCUT2D eigenvalue weighted by atomic mass is 10.1. The summed E-state index contributed by atoms with van der Waals surface area (Å²) in [6, 6.07) is -0.517. The molecule has 1 amide bonds. The van der Waals surface area contributed by atoms with Crippen molar-refractivity contribution in [2.45, 2.75) is 32.0 Å². The van der Waals surface area contributed by atoms with E-state index in [0.717, 1.165) is 0 Å². The van der Waals surface area contributed by atoms with Crippen LogP contribution in [0.1, 0.15) is 13.8 Å². The van der Waals surface area contributed by atoms with Crippen LogP contribution in [0.2, 0.25) is 0 Å². The minimum atomic E-state index is -0.308. The summed E-state index contributed by atoms with van der Waals surface area (Å²) in [5, 5.41) is 14.6. The molecule has 1 saturated heterocycles. The second-order valence-corrected chi connectivity index (χ2v) is 3.60. The van der Waals surface area contributed by atoms with Gasteiger partial charge in [-0.25, -0.2) is 0 Å². The van der Waals surface area contributed by atoms with Crippen molar-refractivity contribution >= 4 is 5.91 Å². The van der Waals surface area contributed by atoms with E-state index in [4.69, 9.17) is 9.84 Å². The summed E-state index contributed by atoms with van der Waals surface area (Å²) in [6.07, 6.45) is -0.116. The maximum Gasteiger partial charge on any atom is 0.240 e. The molecule has 1 aliphatic heterocycles. The number of amides is 1. The van der Waals surface area contributed by atoms with Crippen molar-refractivity contribution in [3.63, 3.8) is 0 Å². The zero-order chi connectivity index (χ0) is 10.6. The van der Waals surface area contributed by atoms with Crippen LogP contribution in [0.4, 0.5) is 0 Å². The van der Waals surface area contributed by atoms with Gasteiger partial charge in [0.25, 0.3) is 0 Å². The number of ether oxygens (including phenoxy) is 1. The topological polar surface area (TPSA) is 70.6 Å². The fourth-order valence-corrected chi connectivity index (χ4v) is 1.41. The number of rotatable bonds is 3. The quantitative estimate of drug-likeness (QED) is 0.541. The minimum Gasteiger partial charge on any atom is -0.394 e. The van der Waals surface area contributed by atoms with Gasteiger partial charge in [0.05, 0.1) is 19.3 Å². The van der Waals surface area contributed by atoms with E-state index in [2.05, 4.69) is 10.6 Å². The lowest BCUT2D eigenvalue weighted by molar-refractivity contribution is -0.129. The van der Waals surface area contributed by atoms with Gasteiger partial charge in [-0.15, -0.1) is 0 Å². The van der Waals surface area contributed by atoms with Crippen molar-refractivity contribution in [1.29, 1.82) is 0 Å². The van der Waals surface area contributed by atoms with Crippen molar-refractivity contribution in [2.75, 3.05) is 19.8 Å². The van der Waals surface area contributed by atoms with Crippen molar-refractivity contribution in [3.8, 4) is 0 Å². The first kappa shape index (κ1) is 11.4. The fraction of sp³-hybridized carbons (Fsp3) is 0.889. The highest BCUT2D eigenvalue weighted by atomic mass is 16.5. The average Bonchev–Trinajstić information content (AvgIpc) is 2.18. The third-order valence-electron chi connectivity index (χ3n) is 2.26. The molecule has 1 rings (SSSR count). The summed E-state index contributed by atoms with van der Waals surface area (Å²) < 4.78 is 5.34. The molecular weight excluding hydrogens is 184 g/mol. The first-order valence-corrected chi connectivity index (χ1v) is 4.91. The van der Waals surface area contributed by atoms with Crippen molar-refractivity contribution in [2.24, 2.45) is 0 Å². The third-order valence-corrected chi connectivity index (χ3v) is 2.26. The Morgan fingerprint density at radius 1 is 1.79 bits per heavy atom. The standard InChI is InChI=1S/C9H18N2O3/c1-6(5-12)11-9(13)8-7(2)14-4-3-10-8/h6-8,10,12H,3-5H2,1-2H3,(H,11,13)/t6-,7?,8?/m0/s1. The highest BCUT2D eigenvalue weighted by Crippen LogP contribution is 2.04. The van der Waals surface area contributed by atoms with Gasteiger partial charge in [0.15, 0.2) is 0 Å². The van der Waals surface area contributed by atoms with Gasteiger partial charge >= 0.3 is 0 Å². The van der Waals surface area contributed by atoms with E-state index in [-0.39, 0.29) is 30.7 Å². The summed E-state index contributed by atoms with van der Waals surface area (Å²) in [7, 11) is 0. The van der Waals surface area contributed by atoms with E-state index in [1.165, 1.54) is 0 Å². The molecule has 1 aliphatic rings. The summed E-state index contributed by atoms with van der Waals surface area (Å²) in [5.41, 5.74) is 0. The molecule has 3 atom stereocenters. The van der Waals surface area contributed by atoms with E-state index < -0.39 is 0 Å². The molecule has 0 aliphatic carbocycles. The Balaban J connectivity index is 2.42. The van der Waals surface area contributed by atoms with Gasteiger partial charge < -0.3 is 20.5 Å². The largest absolute Gasteiger partial charge is 0.394 e. The SMILES string of the molecule is CC1OCCNC1C(=O)N[C@@H](C)CO. The average molecular weight is 202 g/mol. The Morgan fingerprint density at radius 3 is 3.07 bits per heavy atom. The molecule has 1 fully saturated rings. The Morgan fingerprint density at radius 2 is 2.50 bits per heavy atom. The highest BCUT2D eigenvalue weighted by Gasteiger charge is 2.28. The van der Waals surface area contributed by atoms with Crippen LogP contribution >= 0.6 is 0 Å². The van der Waals surface area contributed by atoms with E-state index >= 15 is 0 Å². The molecule has 0 aromatic rings. The summed E-state index contributed by atoms with van der Waals surface area (Å²) in [4.78, 5) is 11.6. The summed E-state index contributed by atoms with van der Waals surface area (Å²) in [5.74, 6) is -0.112. The predicted octanol–water partition coefficient (Wildman–Crippen LogP) is -1.14. The van der Waals surface area contributed by atoms with Crippen LogP contribution in [0.25, 0.3) is 0 Å². The molecule has 1 heterocycles. The Kier molecular flexibility index (Phi) is 4.31. The lowest BCUT2D eigenvalue weighted by Crippen LogP contribution is -2.57. The zero-order valence-electron chi connectivity index (χ0n) is 8.62. The Labute approximate surface area is 83.8 Å². The first-order valence-electron chi connectivity index (χ1n) is 4.91. The molecule has 3 N–H and O–H groups in total. The maximum atomic E-state index is 11.6. The van der Waals surface area contributed by atoms with Crippen LogP contribution in [0, 0.1) is 0 Å². The van der Waals surface area contributed by atoms with E-state index in [1.54, 1.807) is 6.92 Å². The Bertz CT molecular complexity index is 198. The van der Waals surface area contributed by atoms with Gasteiger partial charge in [-0.1, -0.05) is 0 Å². The van der Waals surface area contributed by atoms with E-state index in [0.29, 0.717) is 13.2 Å². The number of aliphatic hydroxyl groups is 1. The van der Waals surface area contributed by atoms with Gasteiger partial charge in [-0.05, 0) is 13.8 Å². The van der Waals surface area contributed by atoms with Gasteiger partial charge in [0.1, 0.15) is 6.04 Å². The van der Waals surface area contributed by atoms with Crippen LogP contribution in [0.3, 0.4) is 0 Å². The number of aliphatic hydroxyl groups excluding tert-OH is 1. The van der Waals surface area contributed by atoms with Gasteiger partial charge in [-0.3, -0.25) is 4.79 Å². The first-order chi connectivity index (χ1) is 6.65. The van der Waals surface area contributed by atoms with Gasteiger partial charge in [0.2, 0.25) is 5.91 Å². The van der Waals surface area contributed by atoms with Crippen molar-refractivity contribution in [3.05, 3.63) is 0 Å². The number of morpholine rings is 1. The highest BCUT2D eigenvalue weighted by molar-refractivity contribution is 5.82. The van der Waals surface area contributed by atoms with Crippen LogP contribution in [-0.4, -0.2) is 49.0 Å². The summed E-state index contributed by atoms with van der Waals surface area (Å²) in [6.45, 7) is 4.90. The fourth-order valence-electron chi connectivity index (χ4n) is 1.41. The molecule has 0 radical (unpaired) electrons. The van der Waals surface area contributed by atoms with Crippen LogP contribution in [0.15, 0.2) is 0 Å². The molecular formula is C9H18N2O3. The maximum absolute atomic E-state index is 11.6. The molecule has 5 nitrogen and oxygen atoms in total. The monoisotopic (exact) mass is 202 g/mol. The molecule has 0 saturated carbocycles. The molecule has 2 unspecified atom stereocenters. The number of nitrogens with one attached hydrogen (secondary N) is 2. The third kappa shape index (κ3) is 2.94. The lowest BCUT2D eigenvalue weighted by Gasteiger charge is -2.30. The number of hydrogen-bond acceptors (Lipinski definition) is 4. The molecule has 0 bridgehead atoms. The second-order valence-electron chi connectivity index (χ2n) is 3.60. The van der Waals surface area contributed by atoms with Crippen LogP contribution < -0.4 is 10.6 Å². The zero-order valence-corrected chi connectivity index (χ0v) is 8.62. The Hall–Kier alpha value is -0.650. The molecule has 0 aromatic heterocycles. The molecule has 14 heavy (non-hydrogen) atoms. The predicted molar refractivity (Wildman–Crippen MR) is 51.9 cm³/mol. The van der Waals surface area contributed by atoms with Gasteiger partial charge in [0, 0.05) is 12.6 Å². The second kappa shape index (κ2) is 5.29. The van der Waals surface area contributed by atoms with Crippen molar-refractivity contribution < 1.29 is 14.6 Å². The molecule has 0 spiro atoms. The number of carbonyl (C=O) groups excluding carboxylic acids is 1. The molecule has 82 valence electrons. The number of carbonyl (C=O) groups is 1. The van der Waals surface area contributed by atoms with Crippen molar-refractivity contribution in [1.82, 2.24) is 10.6 Å². The normalized spacial score (nSPS) is 29.6. The molecule has 0 aromatic carbocycles. The smallest absolute Gasteiger partial charge is 0.240 e.